The minimum Gasteiger partial charge on any atom is -0.462 e. The predicted molar refractivity (Wildman–Crippen MR) is 219 cm³/mol. The monoisotopic (exact) mass is 781 g/mol. The van der Waals surface area contributed by atoms with Crippen LogP contribution in [0.4, 0.5) is 0 Å². The van der Waals surface area contributed by atoms with Gasteiger partial charge >= 0.3 is 11.9 Å². The molecular formula is C45H80O10. The fourth-order valence-electron chi connectivity index (χ4n) is 6.43. The maximum absolute atomic E-state index is 12.7. The number of aliphatic hydroxyl groups is 4. The van der Waals surface area contributed by atoms with Gasteiger partial charge in [0, 0.05) is 12.8 Å². The lowest BCUT2D eigenvalue weighted by Crippen LogP contribution is -2.59. The summed E-state index contributed by atoms with van der Waals surface area (Å²) in [7, 11) is 0. The zero-order valence-electron chi connectivity index (χ0n) is 34.7. The van der Waals surface area contributed by atoms with Gasteiger partial charge in [-0.2, -0.15) is 0 Å². The molecule has 55 heavy (non-hydrogen) atoms. The molecule has 6 atom stereocenters. The molecule has 10 heteroatoms. The van der Waals surface area contributed by atoms with Crippen LogP contribution < -0.4 is 0 Å². The van der Waals surface area contributed by atoms with Crippen LogP contribution in [-0.2, 0) is 28.5 Å². The van der Waals surface area contributed by atoms with Crippen molar-refractivity contribution < 1.29 is 49.0 Å². The number of aliphatic hydroxyl groups excluding tert-OH is 4. The van der Waals surface area contributed by atoms with E-state index in [1.807, 2.05) is 0 Å². The molecule has 0 bridgehead atoms. The van der Waals surface area contributed by atoms with Crippen molar-refractivity contribution in [2.24, 2.45) is 0 Å². The molecule has 0 aromatic carbocycles. The van der Waals surface area contributed by atoms with Crippen LogP contribution in [0.15, 0.2) is 36.5 Å². The normalized spacial score (nSPS) is 20.9. The first kappa shape index (κ1) is 50.9. The van der Waals surface area contributed by atoms with Crippen LogP contribution in [0.3, 0.4) is 0 Å². The molecule has 1 fully saturated rings. The summed E-state index contributed by atoms with van der Waals surface area (Å²) in [4.78, 5) is 25.3. The molecule has 1 saturated heterocycles. The van der Waals surface area contributed by atoms with Crippen molar-refractivity contribution in [2.75, 3.05) is 19.8 Å². The lowest BCUT2D eigenvalue weighted by Gasteiger charge is -2.39. The van der Waals surface area contributed by atoms with E-state index in [2.05, 4.69) is 50.3 Å². The number of esters is 2. The third-order valence-electron chi connectivity index (χ3n) is 10.00. The van der Waals surface area contributed by atoms with Gasteiger partial charge in [0.1, 0.15) is 31.0 Å². The summed E-state index contributed by atoms with van der Waals surface area (Å²) in [5, 5.41) is 40.0. The molecule has 1 aliphatic heterocycles. The summed E-state index contributed by atoms with van der Waals surface area (Å²) in [5.41, 5.74) is 0. The summed E-state index contributed by atoms with van der Waals surface area (Å²) in [5.74, 6) is -0.846. The zero-order valence-corrected chi connectivity index (χ0v) is 34.7. The Kier molecular flexibility index (Phi) is 33.6. The largest absolute Gasteiger partial charge is 0.462 e. The third-order valence-corrected chi connectivity index (χ3v) is 10.00. The molecule has 0 aromatic rings. The molecule has 0 aliphatic carbocycles. The Morgan fingerprint density at radius 2 is 1.04 bits per heavy atom. The molecule has 1 rings (SSSR count). The summed E-state index contributed by atoms with van der Waals surface area (Å²) in [6.45, 7) is 3.35. The number of allylic oxidation sites excluding steroid dienone is 6. The highest BCUT2D eigenvalue weighted by atomic mass is 16.7. The topological polar surface area (TPSA) is 152 Å². The number of unbranched alkanes of at least 4 members (excludes halogenated alkanes) is 19. The van der Waals surface area contributed by atoms with Crippen molar-refractivity contribution in [1.29, 1.82) is 0 Å². The minimum atomic E-state index is -1.60. The van der Waals surface area contributed by atoms with Crippen LogP contribution in [0.25, 0.3) is 0 Å². The van der Waals surface area contributed by atoms with Crippen LogP contribution >= 0.6 is 0 Å². The van der Waals surface area contributed by atoms with Gasteiger partial charge in [-0.1, -0.05) is 140 Å². The van der Waals surface area contributed by atoms with Crippen LogP contribution in [0.5, 0.6) is 0 Å². The number of carbonyl (C=O) groups is 2. The highest BCUT2D eigenvalue weighted by molar-refractivity contribution is 5.70. The smallest absolute Gasteiger partial charge is 0.306 e. The SMILES string of the molecule is CCCC/C=C/CCCCCCCCCCCC(=O)O[C@@H](COC(=O)CCCC/C=C/C/C=C/CCCCCCCC)CO[C@H]1O[C@@H](CO)[C@@H](O)C(O)C1O. The molecule has 10 nitrogen and oxygen atoms in total. The summed E-state index contributed by atoms with van der Waals surface area (Å²) < 4.78 is 22.1. The van der Waals surface area contributed by atoms with Gasteiger partial charge in [0.2, 0.25) is 0 Å². The van der Waals surface area contributed by atoms with E-state index in [1.165, 1.54) is 96.3 Å². The quantitative estimate of drug-likeness (QED) is 0.0275. The van der Waals surface area contributed by atoms with Crippen molar-refractivity contribution in [3.05, 3.63) is 36.5 Å². The molecule has 0 saturated carbocycles. The van der Waals surface area contributed by atoms with Crippen LogP contribution in [0.2, 0.25) is 0 Å². The predicted octanol–water partition coefficient (Wildman–Crippen LogP) is 9.11. The molecule has 320 valence electrons. The van der Waals surface area contributed by atoms with Gasteiger partial charge in [0.15, 0.2) is 12.4 Å². The van der Waals surface area contributed by atoms with Gasteiger partial charge in [0.05, 0.1) is 13.2 Å². The van der Waals surface area contributed by atoms with E-state index < -0.39 is 55.4 Å². The van der Waals surface area contributed by atoms with Crippen molar-refractivity contribution in [1.82, 2.24) is 0 Å². The Labute approximate surface area is 334 Å². The van der Waals surface area contributed by atoms with Crippen molar-refractivity contribution in [2.45, 2.75) is 218 Å². The Morgan fingerprint density at radius 1 is 0.564 bits per heavy atom. The lowest BCUT2D eigenvalue weighted by atomic mass is 9.99. The van der Waals surface area contributed by atoms with Crippen LogP contribution in [0, 0.1) is 0 Å². The Hall–Kier alpha value is -2.08. The Bertz CT molecular complexity index is 996. The number of hydrogen-bond acceptors (Lipinski definition) is 10. The summed E-state index contributed by atoms with van der Waals surface area (Å²) in [6.07, 6.45) is 32.9. The molecular weight excluding hydrogens is 700 g/mol. The molecule has 1 aliphatic rings. The third kappa shape index (κ3) is 28.0. The maximum atomic E-state index is 12.7. The maximum Gasteiger partial charge on any atom is 0.306 e. The van der Waals surface area contributed by atoms with Gasteiger partial charge in [-0.15, -0.1) is 0 Å². The van der Waals surface area contributed by atoms with Crippen molar-refractivity contribution >= 4 is 11.9 Å². The van der Waals surface area contributed by atoms with Gasteiger partial charge < -0.3 is 39.4 Å². The first-order chi connectivity index (χ1) is 26.8. The van der Waals surface area contributed by atoms with Gasteiger partial charge in [0.25, 0.3) is 0 Å². The minimum absolute atomic E-state index is 0.221. The van der Waals surface area contributed by atoms with Crippen LogP contribution in [-0.4, -0.2) is 89.0 Å². The van der Waals surface area contributed by atoms with E-state index in [1.54, 1.807) is 0 Å². The summed E-state index contributed by atoms with van der Waals surface area (Å²) >= 11 is 0. The Morgan fingerprint density at radius 3 is 1.62 bits per heavy atom. The average Bonchev–Trinajstić information content (AvgIpc) is 3.18. The zero-order chi connectivity index (χ0) is 40.2. The number of ether oxygens (including phenoxy) is 4. The number of rotatable bonds is 36. The summed E-state index contributed by atoms with van der Waals surface area (Å²) in [6, 6.07) is 0. The second kappa shape index (κ2) is 36.3. The lowest BCUT2D eigenvalue weighted by molar-refractivity contribution is -0.305. The van der Waals surface area contributed by atoms with E-state index in [9.17, 15) is 30.0 Å². The number of carbonyl (C=O) groups excluding carboxylic acids is 2. The van der Waals surface area contributed by atoms with Crippen LogP contribution in [0.1, 0.15) is 181 Å². The van der Waals surface area contributed by atoms with Gasteiger partial charge in [-0.05, 0) is 64.2 Å². The molecule has 0 amide bonds. The van der Waals surface area contributed by atoms with E-state index in [0.717, 1.165) is 44.9 Å². The molecule has 2 unspecified atom stereocenters. The number of hydrogen-bond donors (Lipinski definition) is 4. The van der Waals surface area contributed by atoms with Crippen molar-refractivity contribution in [3.8, 4) is 0 Å². The van der Waals surface area contributed by atoms with Gasteiger partial charge in [-0.3, -0.25) is 9.59 Å². The highest BCUT2D eigenvalue weighted by Crippen LogP contribution is 2.22. The molecule has 0 spiro atoms. The fraction of sp³-hybridized carbons (Fsp3) is 0.822. The molecule has 1 heterocycles. The first-order valence-electron chi connectivity index (χ1n) is 22.1. The second-order valence-corrected chi connectivity index (χ2v) is 15.1. The van der Waals surface area contributed by atoms with Gasteiger partial charge in [-0.25, -0.2) is 0 Å². The molecule has 0 aromatic heterocycles. The second-order valence-electron chi connectivity index (χ2n) is 15.1. The highest BCUT2D eigenvalue weighted by Gasteiger charge is 2.44. The van der Waals surface area contributed by atoms with E-state index in [4.69, 9.17) is 18.9 Å². The van der Waals surface area contributed by atoms with Crippen molar-refractivity contribution in [3.63, 3.8) is 0 Å². The van der Waals surface area contributed by atoms with E-state index >= 15 is 0 Å². The average molecular weight is 781 g/mol. The van der Waals surface area contributed by atoms with E-state index in [-0.39, 0.29) is 26.1 Å². The molecule has 4 N–H and O–H groups in total. The first-order valence-corrected chi connectivity index (χ1v) is 22.1. The van der Waals surface area contributed by atoms with E-state index in [0.29, 0.717) is 12.8 Å². The fourth-order valence-corrected chi connectivity index (χ4v) is 6.43. The standard InChI is InChI=1S/C45H80O10/c1-3-5-7-9-11-13-15-17-19-21-23-25-27-29-31-33-40(47)52-36-38(37-53-45-44(51)43(50)42(49)39(35-46)55-45)54-41(48)34-32-30-28-26-24-22-20-18-16-14-12-10-8-6-4-2/h10,12,17,19,23,25,38-39,42-46,49-51H,3-9,11,13-16,18,20-22,24,26-37H2,1-2H3/b12-10+,19-17+,25-23+/t38-,39-,42+,43?,44?,45-/m0/s1. The Balaban J connectivity index is 2.36. The molecule has 0 radical (unpaired) electrons.